The van der Waals surface area contributed by atoms with Gasteiger partial charge in [0.1, 0.15) is 18.1 Å². The van der Waals surface area contributed by atoms with Crippen LogP contribution in [0.1, 0.15) is 22.7 Å². The molecule has 0 spiro atoms. The molecule has 1 aliphatic heterocycles. The second kappa shape index (κ2) is 8.38. The third kappa shape index (κ3) is 4.99. The average Bonchev–Trinajstić information content (AvgIpc) is 3.18. The molecule has 0 radical (unpaired) electrons. The number of carbonyl (C=O) groups is 1. The van der Waals surface area contributed by atoms with E-state index in [1.807, 2.05) is 24.3 Å². The molecule has 7 heteroatoms. The number of carbonyl (C=O) groups excluding carboxylic acids is 1. The fourth-order valence-corrected chi connectivity index (χ4v) is 2.56. The Labute approximate surface area is 149 Å². The highest BCUT2D eigenvalue weighted by atomic mass is 79.9. The van der Waals surface area contributed by atoms with Crippen molar-refractivity contribution in [3.63, 3.8) is 0 Å². The van der Waals surface area contributed by atoms with Gasteiger partial charge in [-0.3, -0.25) is 4.79 Å². The second-order valence-corrected chi connectivity index (χ2v) is 6.09. The lowest BCUT2D eigenvalue weighted by atomic mass is 10.2. The van der Waals surface area contributed by atoms with E-state index in [1.54, 1.807) is 12.1 Å². The van der Waals surface area contributed by atoms with E-state index in [0.29, 0.717) is 18.1 Å². The van der Waals surface area contributed by atoms with Crippen LogP contribution in [0.4, 0.5) is 0 Å². The van der Waals surface area contributed by atoms with E-state index in [9.17, 15) is 4.79 Å². The van der Waals surface area contributed by atoms with Crippen LogP contribution in [0.25, 0.3) is 0 Å². The van der Waals surface area contributed by atoms with Crippen LogP contribution in [-0.4, -0.2) is 25.0 Å². The van der Waals surface area contributed by atoms with Gasteiger partial charge in [-0.25, -0.2) is 0 Å². The molecule has 2 heterocycles. The molecule has 0 aliphatic carbocycles. The van der Waals surface area contributed by atoms with Gasteiger partial charge >= 0.3 is 0 Å². The van der Waals surface area contributed by atoms with E-state index in [0.717, 1.165) is 29.7 Å². The SMILES string of the molecule is Cl.O=C(NC1CCNC1)c1ccc(COc2ccc(Br)cc2)o1. The van der Waals surface area contributed by atoms with Crippen LogP contribution >= 0.6 is 28.3 Å². The van der Waals surface area contributed by atoms with Crippen LogP contribution in [-0.2, 0) is 6.61 Å². The zero-order valence-corrected chi connectivity index (χ0v) is 14.8. The molecule has 1 aromatic carbocycles. The first kappa shape index (κ1) is 17.8. The Morgan fingerprint density at radius 3 is 2.78 bits per heavy atom. The molecular weight excluding hydrogens is 384 g/mol. The maximum atomic E-state index is 12.0. The molecule has 1 fully saturated rings. The zero-order valence-electron chi connectivity index (χ0n) is 12.4. The van der Waals surface area contributed by atoms with Crippen LogP contribution in [0.5, 0.6) is 5.75 Å². The Bertz CT molecular complexity index is 639. The summed E-state index contributed by atoms with van der Waals surface area (Å²) in [5.74, 6) is 1.52. The standard InChI is InChI=1S/C16H17BrN2O3.ClH/c17-11-1-3-13(4-2-11)21-10-14-5-6-15(22-14)16(20)19-12-7-8-18-9-12;/h1-6,12,18H,7-10H2,(H,19,20);1H. The number of nitrogens with one attached hydrogen (secondary N) is 2. The molecule has 2 N–H and O–H groups in total. The lowest BCUT2D eigenvalue weighted by molar-refractivity contribution is 0.0908. The fraction of sp³-hybridized carbons (Fsp3) is 0.312. The Balaban J connectivity index is 0.00000192. The van der Waals surface area contributed by atoms with Crippen molar-refractivity contribution in [2.24, 2.45) is 0 Å². The van der Waals surface area contributed by atoms with Gasteiger partial charge in [0.2, 0.25) is 0 Å². The summed E-state index contributed by atoms with van der Waals surface area (Å²) in [6.07, 6.45) is 0.950. The summed E-state index contributed by atoms with van der Waals surface area (Å²) in [6, 6.07) is 11.2. The van der Waals surface area contributed by atoms with E-state index < -0.39 is 0 Å². The van der Waals surface area contributed by atoms with Crippen molar-refractivity contribution in [3.05, 3.63) is 52.4 Å². The number of hydrogen-bond acceptors (Lipinski definition) is 4. The number of halogens is 2. The summed E-state index contributed by atoms with van der Waals surface area (Å²) >= 11 is 3.37. The summed E-state index contributed by atoms with van der Waals surface area (Å²) in [4.78, 5) is 12.0. The van der Waals surface area contributed by atoms with Gasteiger partial charge in [0.15, 0.2) is 5.76 Å². The topological polar surface area (TPSA) is 63.5 Å². The molecule has 1 unspecified atom stereocenters. The number of ether oxygens (including phenoxy) is 1. The molecule has 0 bridgehead atoms. The molecule has 1 aromatic heterocycles. The summed E-state index contributed by atoms with van der Waals surface area (Å²) in [7, 11) is 0. The minimum atomic E-state index is -0.177. The lowest BCUT2D eigenvalue weighted by Crippen LogP contribution is -2.35. The molecule has 1 atom stereocenters. The number of furan rings is 1. The Hall–Kier alpha value is -1.50. The second-order valence-electron chi connectivity index (χ2n) is 5.17. The fourth-order valence-electron chi connectivity index (χ4n) is 2.30. The van der Waals surface area contributed by atoms with E-state index in [-0.39, 0.29) is 24.4 Å². The first-order valence-electron chi connectivity index (χ1n) is 7.19. The smallest absolute Gasteiger partial charge is 0.287 e. The van der Waals surface area contributed by atoms with Crippen molar-refractivity contribution in [3.8, 4) is 5.75 Å². The number of hydrogen-bond donors (Lipinski definition) is 2. The molecule has 124 valence electrons. The van der Waals surface area contributed by atoms with Gasteiger partial charge in [-0.05, 0) is 49.4 Å². The van der Waals surface area contributed by atoms with Crippen molar-refractivity contribution >= 4 is 34.2 Å². The van der Waals surface area contributed by atoms with E-state index >= 15 is 0 Å². The molecule has 0 saturated carbocycles. The van der Waals surface area contributed by atoms with Gasteiger partial charge in [0.05, 0.1) is 0 Å². The molecule has 1 saturated heterocycles. The maximum Gasteiger partial charge on any atom is 0.287 e. The van der Waals surface area contributed by atoms with Crippen molar-refractivity contribution in [1.29, 1.82) is 0 Å². The minimum absolute atomic E-state index is 0. The van der Waals surface area contributed by atoms with Crippen LogP contribution < -0.4 is 15.4 Å². The third-order valence-corrected chi connectivity index (χ3v) is 4.00. The van der Waals surface area contributed by atoms with Crippen LogP contribution in [0, 0.1) is 0 Å². The van der Waals surface area contributed by atoms with Gasteiger partial charge in [0, 0.05) is 17.1 Å². The third-order valence-electron chi connectivity index (χ3n) is 3.48. The van der Waals surface area contributed by atoms with Crippen molar-refractivity contribution in [2.75, 3.05) is 13.1 Å². The predicted molar refractivity (Wildman–Crippen MR) is 93.2 cm³/mol. The molecule has 1 amide bonds. The summed E-state index contributed by atoms with van der Waals surface area (Å²) in [5.41, 5.74) is 0. The largest absolute Gasteiger partial charge is 0.486 e. The van der Waals surface area contributed by atoms with E-state index in [2.05, 4.69) is 26.6 Å². The van der Waals surface area contributed by atoms with Gasteiger partial charge in [-0.15, -0.1) is 12.4 Å². The van der Waals surface area contributed by atoms with Crippen LogP contribution in [0.2, 0.25) is 0 Å². The monoisotopic (exact) mass is 400 g/mol. The molecule has 23 heavy (non-hydrogen) atoms. The summed E-state index contributed by atoms with van der Waals surface area (Å²) in [6.45, 7) is 2.04. The summed E-state index contributed by atoms with van der Waals surface area (Å²) in [5, 5.41) is 6.16. The quantitative estimate of drug-likeness (QED) is 0.808. The van der Waals surface area contributed by atoms with E-state index in [1.165, 1.54) is 0 Å². The van der Waals surface area contributed by atoms with E-state index in [4.69, 9.17) is 9.15 Å². The Morgan fingerprint density at radius 2 is 2.09 bits per heavy atom. The normalized spacial score (nSPS) is 16.7. The lowest BCUT2D eigenvalue weighted by Gasteiger charge is -2.09. The van der Waals surface area contributed by atoms with Crippen molar-refractivity contribution in [2.45, 2.75) is 19.1 Å². The van der Waals surface area contributed by atoms with Crippen LogP contribution in [0.3, 0.4) is 0 Å². The van der Waals surface area contributed by atoms with Crippen molar-refractivity contribution < 1.29 is 13.9 Å². The van der Waals surface area contributed by atoms with Gasteiger partial charge in [0.25, 0.3) is 5.91 Å². The van der Waals surface area contributed by atoms with Gasteiger partial charge in [-0.2, -0.15) is 0 Å². The Kier molecular flexibility index (Phi) is 6.50. The zero-order chi connectivity index (χ0) is 15.4. The van der Waals surface area contributed by atoms with Crippen LogP contribution in [0.15, 0.2) is 45.3 Å². The predicted octanol–water partition coefficient (Wildman–Crippen LogP) is 3.13. The van der Waals surface area contributed by atoms with Crippen molar-refractivity contribution in [1.82, 2.24) is 10.6 Å². The molecular formula is C16H18BrClN2O3. The average molecular weight is 402 g/mol. The maximum absolute atomic E-state index is 12.0. The first-order chi connectivity index (χ1) is 10.7. The number of benzene rings is 1. The highest BCUT2D eigenvalue weighted by molar-refractivity contribution is 9.10. The highest BCUT2D eigenvalue weighted by Crippen LogP contribution is 2.18. The van der Waals surface area contributed by atoms with Gasteiger partial charge < -0.3 is 19.8 Å². The highest BCUT2D eigenvalue weighted by Gasteiger charge is 2.19. The molecule has 3 rings (SSSR count). The first-order valence-corrected chi connectivity index (χ1v) is 7.99. The molecule has 1 aliphatic rings. The minimum Gasteiger partial charge on any atom is -0.486 e. The van der Waals surface area contributed by atoms with Gasteiger partial charge in [-0.1, -0.05) is 15.9 Å². The Morgan fingerprint density at radius 1 is 1.30 bits per heavy atom. The number of rotatable bonds is 5. The molecule has 2 aromatic rings. The summed E-state index contributed by atoms with van der Waals surface area (Å²) < 4.78 is 12.2. The molecule has 5 nitrogen and oxygen atoms in total. The number of amides is 1.